The zero-order chi connectivity index (χ0) is 21.1. The fraction of sp³-hybridized carbons (Fsp3) is 0. The van der Waals surface area contributed by atoms with Gasteiger partial charge in [0.25, 0.3) is 0 Å². The summed E-state index contributed by atoms with van der Waals surface area (Å²) >= 11 is 0. The van der Waals surface area contributed by atoms with E-state index in [4.69, 9.17) is 0 Å². The van der Waals surface area contributed by atoms with Gasteiger partial charge in [-0.25, -0.2) is 0 Å². The minimum Gasteiger partial charge on any atom is -0.354 e. The monoisotopic (exact) mass is 408 g/mol. The quantitative estimate of drug-likeness (QED) is 0.298. The highest BCUT2D eigenvalue weighted by Gasteiger charge is 2.12. The summed E-state index contributed by atoms with van der Waals surface area (Å²) in [5.41, 5.74) is 8.42. The summed E-state index contributed by atoms with van der Waals surface area (Å²) in [5.74, 6) is 0. The van der Waals surface area contributed by atoms with E-state index in [1.54, 1.807) is 0 Å². The molecular formula is C30H20N2. The van der Waals surface area contributed by atoms with Crippen molar-refractivity contribution in [1.29, 1.82) is 0 Å². The number of fused-ring (bicyclic) bond motifs is 6. The largest absolute Gasteiger partial charge is 0.354 e. The van der Waals surface area contributed by atoms with Crippen LogP contribution in [0.4, 0.5) is 0 Å². The maximum atomic E-state index is 3.57. The number of H-pyrrole nitrogens is 1. The van der Waals surface area contributed by atoms with E-state index in [-0.39, 0.29) is 0 Å². The van der Waals surface area contributed by atoms with Crippen LogP contribution in [-0.4, -0.2) is 9.55 Å². The van der Waals surface area contributed by atoms with Crippen molar-refractivity contribution in [2.24, 2.45) is 0 Å². The third kappa shape index (κ3) is 2.47. The van der Waals surface area contributed by atoms with Gasteiger partial charge in [-0.3, -0.25) is 0 Å². The normalized spacial score (nSPS) is 11.8. The molecule has 0 fully saturated rings. The van der Waals surface area contributed by atoms with Crippen LogP contribution in [0.15, 0.2) is 115 Å². The van der Waals surface area contributed by atoms with Gasteiger partial charge in [-0.15, -0.1) is 0 Å². The molecule has 0 aliphatic rings. The van der Waals surface area contributed by atoms with Crippen LogP contribution in [0.3, 0.4) is 0 Å². The molecule has 2 heterocycles. The number of rotatable bonds is 2. The molecule has 0 atom stereocenters. The van der Waals surface area contributed by atoms with Crippen molar-refractivity contribution in [3.63, 3.8) is 0 Å². The second kappa shape index (κ2) is 6.60. The zero-order valence-electron chi connectivity index (χ0n) is 17.4. The van der Waals surface area contributed by atoms with Crippen molar-refractivity contribution >= 4 is 43.6 Å². The molecule has 150 valence electrons. The van der Waals surface area contributed by atoms with Gasteiger partial charge < -0.3 is 9.55 Å². The van der Waals surface area contributed by atoms with Crippen LogP contribution in [0.1, 0.15) is 0 Å². The van der Waals surface area contributed by atoms with Crippen molar-refractivity contribution in [3.8, 4) is 16.8 Å². The van der Waals surface area contributed by atoms with Crippen LogP contribution in [0, 0.1) is 0 Å². The summed E-state index contributed by atoms with van der Waals surface area (Å²) in [6, 6.07) is 41.4. The molecule has 0 unspecified atom stereocenters. The first-order valence-corrected chi connectivity index (χ1v) is 11.0. The fourth-order valence-corrected chi connectivity index (χ4v) is 5.06. The fourth-order valence-electron chi connectivity index (χ4n) is 5.06. The van der Waals surface area contributed by atoms with E-state index in [0.29, 0.717) is 0 Å². The number of nitrogens with zero attached hydrogens (tertiary/aromatic N) is 1. The van der Waals surface area contributed by atoms with Crippen LogP contribution in [-0.2, 0) is 0 Å². The maximum absolute atomic E-state index is 3.57. The lowest BCUT2D eigenvalue weighted by atomic mass is 10.0. The highest BCUT2D eigenvalue weighted by atomic mass is 15.0. The van der Waals surface area contributed by atoms with Gasteiger partial charge in [-0.05, 0) is 47.5 Å². The Balaban J connectivity index is 1.44. The molecule has 2 heteroatoms. The molecule has 2 aromatic heterocycles. The lowest BCUT2D eigenvalue weighted by Gasteiger charge is -2.10. The number of para-hydroxylation sites is 3. The summed E-state index contributed by atoms with van der Waals surface area (Å²) in [6.07, 6.45) is 0. The molecule has 0 radical (unpaired) electrons. The van der Waals surface area contributed by atoms with Crippen molar-refractivity contribution in [1.82, 2.24) is 9.55 Å². The predicted molar refractivity (Wildman–Crippen MR) is 136 cm³/mol. The lowest BCUT2D eigenvalue weighted by Crippen LogP contribution is -1.94. The van der Waals surface area contributed by atoms with Gasteiger partial charge in [-0.2, -0.15) is 0 Å². The zero-order valence-corrected chi connectivity index (χ0v) is 17.4. The number of hydrogen-bond acceptors (Lipinski definition) is 0. The standard InChI is InChI=1S/C30H20N2/c1-4-13-27-23(10-1)24-17-16-21(19-28(24)31-27)20-8-7-9-22(18-20)32-29-14-5-2-11-25(29)26-12-3-6-15-30(26)32/h1-19,31H. The molecule has 0 amide bonds. The average molecular weight is 409 g/mol. The van der Waals surface area contributed by atoms with E-state index in [9.17, 15) is 0 Å². The van der Waals surface area contributed by atoms with E-state index in [0.717, 1.165) is 0 Å². The van der Waals surface area contributed by atoms with Gasteiger partial charge in [0.2, 0.25) is 0 Å². The molecule has 0 aliphatic carbocycles. The molecule has 0 saturated heterocycles. The minimum absolute atomic E-state index is 1.17. The van der Waals surface area contributed by atoms with Crippen molar-refractivity contribution in [2.75, 3.05) is 0 Å². The lowest BCUT2D eigenvalue weighted by molar-refractivity contribution is 1.18. The van der Waals surface area contributed by atoms with E-state index in [1.807, 2.05) is 0 Å². The molecule has 7 aromatic rings. The van der Waals surface area contributed by atoms with Crippen molar-refractivity contribution in [2.45, 2.75) is 0 Å². The van der Waals surface area contributed by atoms with E-state index < -0.39 is 0 Å². The van der Waals surface area contributed by atoms with Crippen molar-refractivity contribution < 1.29 is 0 Å². The van der Waals surface area contributed by atoms with Gasteiger partial charge in [0.15, 0.2) is 0 Å². The summed E-state index contributed by atoms with van der Waals surface area (Å²) in [5, 5.41) is 5.11. The van der Waals surface area contributed by atoms with Crippen LogP contribution in [0.25, 0.3) is 60.4 Å². The van der Waals surface area contributed by atoms with E-state index >= 15 is 0 Å². The number of aromatic nitrogens is 2. The van der Waals surface area contributed by atoms with Crippen LogP contribution < -0.4 is 0 Å². The summed E-state index contributed by atoms with van der Waals surface area (Å²) < 4.78 is 2.37. The number of aromatic amines is 1. The Labute approximate surface area is 185 Å². The first kappa shape index (κ1) is 17.4. The summed E-state index contributed by atoms with van der Waals surface area (Å²) in [7, 11) is 0. The third-order valence-corrected chi connectivity index (χ3v) is 6.52. The molecule has 32 heavy (non-hydrogen) atoms. The number of hydrogen-bond donors (Lipinski definition) is 1. The van der Waals surface area contributed by atoms with Crippen LogP contribution >= 0.6 is 0 Å². The maximum Gasteiger partial charge on any atom is 0.0541 e. The molecule has 1 N–H and O–H groups in total. The van der Waals surface area contributed by atoms with Gasteiger partial charge >= 0.3 is 0 Å². The van der Waals surface area contributed by atoms with E-state index in [1.165, 1.54) is 60.4 Å². The Morgan fingerprint density at radius 2 is 1.06 bits per heavy atom. The molecule has 0 bridgehead atoms. The topological polar surface area (TPSA) is 20.7 Å². The molecule has 5 aromatic carbocycles. The molecule has 0 saturated carbocycles. The molecule has 2 nitrogen and oxygen atoms in total. The van der Waals surface area contributed by atoms with Crippen LogP contribution in [0.5, 0.6) is 0 Å². The molecule has 7 rings (SSSR count). The Morgan fingerprint density at radius 1 is 0.438 bits per heavy atom. The Kier molecular flexibility index (Phi) is 3.58. The first-order valence-electron chi connectivity index (χ1n) is 11.0. The summed E-state index contributed by atoms with van der Waals surface area (Å²) in [6.45, 7) is 0. The van der Waals surface area contributed by atoms with Crippen LogP contribution in [0.2, 0.25) is 0 Å². The highest BCUT2D eigenvalue weighted by Crippen LogP contribution is 2.34. The summed E-state index contributed by atoms with van der Waals surface area (Å²) in [4.78, 5) is 3.57. The smallest absolute Gasteiger partial charge is 0.0541 e. The SMILES string of the molecule is c1cc(-c2ccc3c(c2)[nH]c2ccccc23)cc(-n2c3ccccc3c3ccccc32)c1. The predicted octanol–water partition coefficient (Wildman–Crippen LogP) is 8.09. The first-order chi connectivity index (χ1) is 15.9. The molecule has 0 aliphatic heterocycles. The van der Waals surface area contributed by atoms with Crippen molar-refractivity contribution in [3.05, 3.63) is 115 Å². The average Bonchev–Trinajstić information content (AvgIpc) is 3.39. The van der Waals surface area contributed by atoms with E-state index in [2.05, 4.69) is 125 Å². The molecular weight excluding hydrogens is 388 g/mol. The second-order valence-corrected chi connectivity index (χ2v) is 8.35. The number of nitrogens with one attached hydrogen (secondary N) is 1. The highest BCUT2D eigenvalue weighted by molar-refractivity contribution is 6.10. The van der Waals surface area contributed by atoms with Gasteiger partial charge in [-0.1, -0.05) is 78.9 Å². The van der Waals surface area contributed by atoms with Gasteiger partial charge in [0.1, 0.15) is 0 Å². The number of benzene rings is 5. The Bertz CT molecular complexity index is 1730. The third-order valence-electron chi connectivity index (χ3n) is 6.52. The van der Waals surface area contributed by atoms with Gasteiger partial charge in [0.05, 0.1) is 11.0 Å². The van der Waals surface area contributed by atoms with Gasteiger partial charge in [0, 0.05) is 38.3 Å². The minimum atomic E-state index is 1.17. The Morgan fingerprint density at radius 3 is 1.84 bits per heavy atom. The second-order valence-electron chi connectivity index (χ2n) is 8.35. The molecule has 0 spiro atoms. The Hall–Kier alpha value is -4.30.